The molecule has 1 N–H and O–H groups in total. The normalized spacial score (nSPS) is 34.1. The van der Waals surface area contributed by atoms with E-state index in [0.717, 1.165) is 50.4 Å². The molecule has 94 valence electrons. The van der Waals surface area contributed by atoms with E-state index in [0.29, 0.717) is 18.4 Å². The van der Waals surface area contributed by atoms with E-state index < -0.39 is 0 Å². The Hall–Kier alpha value is -0.940. The maximum Gasteiger partial charge on any atom is 0.229 e. The van der Waals surface area contributed by atoms with Gasteiger partial charge in [-0.25, -0.2) is 0 Å². The summed E-state index contributed by atoms with van der Waals surface area (Å²) in [6, 6.07) is 0. The molecule has 1 aromatic rings. The Bertz CT molecular complexity index is 366. The van der Waals surface area contributed by atoms with Crippen LogP contribution in [0.4, 0.5) is 0 Å². The second kappa shape index (κ2) is 4.74. The minimum absolute atomic E-state index is 0.142. The lowest BCUT2D eigenvalue weighted by Crippen LogP contribution is -2.17. The molecule has 0 bridgehead atoms. The Kier molecular flexibility index (Phi) is 3.11. The van der Waals surface area contributed by atoms with Gasteiger partial charge in [0.15, 0.2) is 5.82 Å². The summed E-state index contributed by atoms with van der Waals surface area (Å²) in [5.74, 6) is 2.19. The van der Waals surface area contributed by atoms with Crippen LogP contribution in [-0.4, -0.2) is 34.6 Å². The van der Waals surface area contributed by atoms with Crippen LogP contribution in [0.15, 0.2) is 4.52 Å². The van der Waals surface area contributed by atoms with Gasteiger partial charge in [0.05, 0.1) is 12.7 Å². The molecule has 0 radical (unpaired) electrons. The first-order valence-electron chi connectivity index (χ1n) is 6.42. The summed E-state index contributed by atoms with van der Waals surface area (Å²) in [6.45, 7) is 1.51. The molecule has 17 heavy (non-hydrogen) atoms. The zero-order valence-corrected chi connectivity index (χ0v) is 9.84. The van der Waals surface area contributed by atoms with E-state index in [1.807, 2.05) is 0 Å². The highest BCUT2D eigenvalue weighted by atomic mass is 16.5. The second-order valence-electron chi connectivity index (χ2n) is 5.06. The topological polar surface area (TPSA) is 68.4 Å². The van der Waals surface area contributed by atoms with E-state index in [1.165, 1.54) is 0 Å². The van der Waals surface area contributed by atoms with E-state index >= 15 is 0 Å². The fourth-order valence-electron chi connectivity index (χ4n) is 2.64. The standard InChI is InChI=1S/C12H18N2O3/c15-10-3-1-8(2-4-10)12-13-11(14-17-12)9-5-6-16-7-9/h8-10,15H,1-7H2. The van der Waals surface area contributed by atoms with Gasteiger partial charge in [-0.2, -0.15) is 4.98 Å². The van der Waals surface area contributed by atoms with E-state index in [-0.39, 0.29) is 6.10 Å². The summed E-state index contributed by atoms with van der Waals surface area (Å²) in [5, 5.41) is 13.5. The van der Waals surface area contributed by atoms with Crippen molar-refractivity contribution >= 4 is 0 Å². The van der Waals surface area contributed by atoms with Gasteiger partial charge in [-0.15, -0.1) is 0 Å². The van der Waals surface area contributed by atoms with Gasteiger partial charge >= 0.3 is 0 Å². The van der Waals surface area contributed by atoms with Crippen molar-refractivity contribution in [2.45, 2.75) is 50.0 Å². The van der Waals surface area contributed by atoms with Gasteiger partial charge in [0.25, 0.3) is 0 Å². The molecule has 5 heteroatoms. The smallest absolute Gasteiger partial charge is 0.229 e. The van der Waals surface area contributed by atoms with E-state index in [4.69, 9.17) is 9.26 Å². The minimum atomic E-state index is -0.142. The van der Waals surface area contributed by atoms with Gasteiger partial charge < -0.3 is 14.4 Å². The van der Waals surface area contributed by atoms with E-state index in [2.05, 4.69) is 10.1 Å². The Balaban J connectivity index is 1.67. The van der Waals surface area contributed by atoms with Crippen molar-refractivity contribution in [2.24, 2.45) is 0 Å². The number of aliphatic hydroxyl groups is 1. The Morgan fingerprint density at radius 1 is 1.06 bits per heavy atom. The number of aromatic nitrogens is 2. The van der Waals surface area contributed by atoms with Crippen LogP contribution in [0.3, 0.4) is 0 Å². The molecule has 2 aliphatic rings. The van der Waals surface area contributed by atoms with E-state index in [1.54, 1.807) is 0 Å². The molecular weight excluding hydrogens is 220 g/mol. The molecule has 1 unspecified atom stereocenters. The first kappa shape index (κ1) is 11.2. The average molecular weight is 238 g/mol. The fourth-order valence-corrected chi connectivity index (χ4v) is 2.64. The molecule has 2 fully saturated rings. The van der Waals surface area contributed by atoms with Gasteiger partial charge in [-0.3, -0.25) is 0 Å². The molecule has 5 nitrogen and oxygen atoms in total. The molecule has 1 saturated carbocycles. The van der Waals surface area contributed by atoms with Gasteiger partial charge in [0, 0.05) is 18.4 Å². The third-order valence-electron chi connectivity index (χ3n) is 3.80. The van der Waals surface area contributed by atoms with Crippen molar-refractivity contribution in [3.05, 3.63) is 11.7 Å². The largest absolute Gasteiger partial charge is 0.393 e. The molecule has 0 aromatic carbocycles. The summed E-state index contributed by atoms with van der Waals surface area (Å²) in [4.78, 5) is 4.50. The van der Waals surface area contributed by atoms with Crippen LogP contribution < -0.4 is 0 Å². The Morgan fingerprint density at radius 3 is 2.59 bits per heavy atom. The SMILES string of the molecule is OC1CCC(c2nc(C3CCOC3)no2)CC1. The van der Waals surface area contributed by atoms with Crippen LogP contribution in [0.1, 0.15) is 55.7 Å². The maximum absolute atomic E-state index is 9.47. The first-order valence-corrected chi connectivity index (χ1v) is 6.42. The van der Waals surface area contributed by atoms with Crippen molar-refractivity contribution < 1.29 is 14.4 Å². The zero-order chi connectivity index (χ0) is 11.7. The third-order valence-corrected chi connectivity index (χ3v) is 3.80. The number of hydrogen-bond acceptors (Lipinski definition) is 5. The summed E-state index contributed by atoms with van der Waals surface area (Å²) in [5.41, 5.74) is 0. The lowest BCUT2D eigenvalue weighted by atomic mass is 9.87. The summed E-state index contributed by atoms with van der Waals surface area (Å²) >= 11 is 0. The predicted octanol–water partition coefficient (Wildman–Crippen LogP) is 1.59. The van der Waals surface area contributed by atoms with Gasteiger partial charge in [-0.05, 0) is 32.1 Å². The monoisotopic (exact) mass is 238 g/mol. The van der Waals surface area contributed by atoms with Gasteiger partial charge in [0.2, 0.25) is 5.89 Å². The van der Waals surface area contributed by atoms with Crippen LogP contribution in [0.5, 0.6) is 0 Å². The van der Waals surface area contributed by atoms with Crippen LogP contribution in [0.2, 0.25) is 0 Å². The highest BCUT2D eigenvalue weighted by Gasteiger charge is 2.28. The summed E-state index contributed by atoms with van der Waals surface area (Å²) in [7, 11) is 0. The second-order valence-corrected chi connectivity index (χ2v) is 5.06. The Labute approximate surface area is 100 Å². The van der Waals surface area contributed by atoms with Crippen molar-refractivity contribution in [1.82, 2.24) is 10.1 Å². The summed E-state index contributed by atoms with van der Waals surface area (Å²) < 4.78 is 10.7. The number of rotatable bonds is 2. The van der Waals surface area contributed by atoms with E-state index in [9.17, 15) is 5.11 Å². The zero-order valence-electron chi connectivity index (χ0n) is 9.84. The molecule has 1 atom stereocenters. The molecule has 1 aliphatic carbocycles. The highest BCUT2D eigenvalue weighted by Crippen LogP contribution is 2.33. The number of nitrogens with zero attached hydrogens (tertiary/aromatic N) is 2. The van der Waals surface area contributed by atoms with Crippen LogP contribution >= 0.6 is 0 Å². The lowest BCUT2D eigenvalue weighted by molar-refractivity contribution is 0.116. The molecule has 2 heterocycles. The summed E-state index contributed by atoms with van der Waals surface area (Å²) in [6.07, 6.45) is 4.43. The Morgan fingerprint density at radius 2 is 1.88 bits per heavy atom. The molecule has 0 amide bonds. The minimum Gasteiger partial charge on any atom is -0.393 e. The van der Waals surface area contributed by atoms with Crippen molar-refractivity contribution in [2.75, 3.05) is 13.2 Å². The molecule has 1 aliphatic heterocycles. The quantitative estimate of drug-likeness (QED) is 0.847. The fraction of sp³-hybridized carbons (Fsp3) is 0.833. The molecule has 1 aromatic heterocycles. The average Bonchev–Trinajstić information content (AvgIpc) is 3.00. The number of aliphatic hydroxyl groups excluding tert-OH is 1. The van der Waals surface area contributed by atoms with Crippen LogP contribution in [0.25, 0.3) is 0 Å². The van der Waals surface area contributed by atoms with Crippen molar-refractivity contribution in [3.63, 3.8) is 0 Å². The molecule has 1 saturated heterocycles. The van der Waals surface area contributed by atoms with Gasteiger partial charge in [-0.1, -0.05) is 5.16 Å². The van der Waals surface area contributed by atoms with Crippen molar-refractivity contribution in [1.29, 1.82) is 0 Å². The molecule has 3 rings (SSSR count). The van der Waals surface area contributed by atoms with Crippen LogP contribution in [0, 0.1) is 0 Å². The molecule has 0 spiro atoms. The predicted molar refractivity (Wildman–Crippen MR) is 59.7 cm³/mol. The van der Waals surface area contributed by atoms with Gasteiger partial charge in [0.1, 0.15) is 0 Å². The lowest BCUT2D eigenvalue weighted by Gasteiger charge is -2.22. The first-order chi connectivity index (χ1) is 8.33. The number of ether oxygens (including phenoxy) is 1. The maximum atomic E-state index is 9.47. The highest BCUT2D eigenvalue weighted by molar-refractivity contribution is 5.01. The number of hydrogen-bond donors (Lipinski definition) is 1. The van der Waals surface area contributed by atoms with Crippen molar-refractivity contribution in [3.8, 4) is 0 Å². The molecular formula is C12H18N2O3. The van der Waals surface area contributed by atoms with Crippen LogP contribution in [-0.2, 0) is 4.74 Å². The third kappa shape index (κ3) is 2.35.